The average Bonchev–Trinajstić information content (AvgIpc) is 2.91. The van der Waals surface area contributed by atoms with E-state index in [4.69, 9.17) is 5.73 Å². The fourth-order valence-corrected chi connectivity index (χ4v) is 2.51. The van der Waals surface area contributed by atoms with E-state index in [1.807, 2.05) is 0 Å². The molecule has 27 heavy (non-hydrogen) atoms. The van der Waals surface area contributed by atoms with Gasteiger partial charge in [0.15, 0.2) is 5.65 Å². The number of benzene rings is 1. The van der Waals surface area contributed by atoms with Gasteiger partial charge in [-0.2, -0.15) is 4.98 Å². The maximum absolute atomic E-state index is 12.6. The van der Waals surface area contributed by atoms with Crippen molar-refractivity contribution in [2.75, 3.05) is 18.4 Å². The third-order valence-electron chi connectivity index (χ3n) is 3.70. The summed E-state index contributed by atoms with van der Waals surface area (Å²) in [5.41, 5.74) is 5.75. The summed E-state index contributed by atoms with van der Waals surface area (Å²) in [5, 5.41) is 2.98. The van der Waals surface area contributed by atoms with Gasteiger partial charge in [0.05, 0.1) is 12.7 Å². The van der Waals surface area contributed by atoms with Crippen LogP contribution < -0.4 is 21.5 Å². The number of rotatable bonds is 7. The summed E-state index contributed by atoms with van der Waals surface area (Å²) in [5.74, 6) is -0.0786. The van der Waals surface area contributed by atoms with Gasteiger partial charge in [0.25, 0.3) is 0 Å². The van der Waals surface area contributed by atoms with Crippen molar-refractivity contribution in [2.45, 2.75) is 19.3 Å². The number of fused-ring (bicyclic) bond motifs is 1. The molecular weight excluding hydrogens is 365 g/mol. The summed E-state index contributed by atoms with van der Waals surface area (Å²) < 4.78 is 43.1. The highest BCUT2D eigenvalue weighted by Gasteiger charge is 2.32. The third-order valence-corrected chi connectivity index (χ3v) is 3.70. The van der Waals surface area contributed by atoms with E-state index in [-0.39, 0.29) is 23.5 Å². The Morgan fingerprint density at radius 3 is 2.81 bits per heavy atom. The fraction of sp³-hybridized carbons (Fsp3) is 0.312. The predicted molar refractivity (Wildman–Crippen MR) is 92.5 cm³/mol. The number of hydrogen-bond donors (Lipinski definition) is 3. The fourth-order valence-electron chi connectivity index (χ4n) is 2.51. The van der Waals surface area contributed by atoms with Crippen LogP contribution in [-0.2, 0) is 6.54 Å². The summed E-state index contributed by atoms with van der Waals surface area (Å²) >= 11 is 0. The number of alkyl halides is 3. The number of H-pyrrole nitrogens is 1. The van der Waals surface area contributed by atoms with Crippen LogP contribution >= 0.6 is 0 Å². The van der Waals surface area contributed by atoms with Gasteiger partial charge in [-0.25, -0.2) is 9.78 Å². The SMILES string of the molecule is NCCCNc1ncc2[nH]c(=O)n(Cc3ccccc3OC(F)(F)F)c2n1. The van der Waals surface area contributed by atoms with Crippen molar-refractivity contribution < 1.29 is 17.9 Å². The molecule has 0 aliphatic carbocycles. The van der Waals surface area contributed by atoms with Gasteiger partial charge in [-0.15, -0.1) is 13.2 Å². The van der Waals surface area contributed by atoms with Gasteiger partial charge in [-0.3, -0.25) is 4.57 Å². The molecule has 0 atom stereocenters. The summed E-state index contributed by atoms with van der Waals surface area (Å²) in [4.78, 5) is 23.2. The van der Waals surface area contributed by atoms with Crippen LogP contribution in [0.5, 0.6) is 5.75 Å². The Balaban J connectivity index is 1.94. The second-order valence-electron chi connectivity index (χ2n) is 5.67. The lowest BCUT2D eigenvalue weighted by atomic mass is 10.2. The zero-order chi connectivity index (χ0) is 19.4. The molecule has 2 aromatic heterocycles. The maximum Gasteiger partial charge on any atom is 0.573 e. The van der Waals surface area contributed by atoms with Gasteiger partial charge in [0.1, 0.15) is 11.3 Å². The first-order valence-electron chi connectivity index (χ1n) is 8.10. The highest BCUT2D eigenvalue weighted by atomic mass is 19.4. The van der Waals surface area contributed by atoms with Crippen molar-refractivity contribution in [2.24, 2.45) is 5.73 Å². The van der Waals surface area contributed by atoms with Gasteiger partial charge >= 0.3 is 12.1 Å². The Labute approximate surface area is 151 Å². The van der Waals surface area contributed by atoms with E-state index in [0.717, 1.165) is 0 Å². The topological polar surface area (TPSA) is 111 Å². The van der Waals surface area contributed by atoms with Gasteiger partial charge in [-0.05, 0) is 19.0 Å². The molecule has 2 heterocycles. The van der Waals surface area contributed by atoms with Crippen molar-refractivity contribution in [1.82, 2.24) is 19.5 Å². The van der Waals surface area contributed by atoms with Crippen LogP contribution in [0.25, 0.3) is 11.2 Å². The number of imidazole rings is 1. The van der Waals surface area contributed by atoms with E-state index in [0.29, 0.717) is 31.0 Å². The third kappa shape index (κ3) is 4.56. The minimum atomic E-state index is -4.83. The monoisotopic (exact) mass is 382 g/mol. The Hall–Kier alpha value is -3.08. The molecule has 0 radical (unpaired) electrons. The van der Waals surface area contributed by atoms with Crippen LogP contribution in [0.1, 0.15) is 12.0 Å². The normalized spacial score (nSPS) is 11.7. The lowest BCUT2D eigenvalue weighted by Gasteiger charge is -2.13. The number of hydrogen-bond acceptors (Lipinski definition) is 6. The van der Waals surface area contributed by atoms with Gasteiger partial charge in [0.2, 0.25) is 5.95 Å². The minimum absolute atomic E-state index is 0.148. The van der Waals surface area contributed by atoms with E-state index in [2.05, 4.69) is 25.0 Å². The summed E-state index contributed by atoms with van der Waals surface area (Å²) in [6, 6.07) is 5.63. The second kappa shape index (κ2) is 7.66. The molecular formula is C16H17F3N6O2. The van der Waals surface area contributed by atoms with E-state index in [1.54, 1.807) is 6.07 Å². The molecule has 0 saturated heterocycles. The molecule has 0 spiro atoms. The van der Waals surface area contributed by atoms with Crippen LogP contribution in [0.3, 0.4) is 0 Å². The van der Waals surface area contributed by atoms with E-state index in [1.165, 1.54) is 29.0 Å². The van der Waals surface area contributed by atoms with E-state index >= 15 is 0 Å². The maximum atomic E-state index is 12.6. The number of nitrogens with zero attached hydrogens (tertiary/aromatic N) is 3. The van der Waals surface area contributed by atoms with Crippen LogP contribution in [0.2, 0.25) is 0 Å². The van der Waals surface area contributed by atoms with Crippen LogP contribution in [0.15, 0.2) is 35.3 Å². The van der Waals surface area contributed by atoms with Gasteiger partial charge in [-0.1, -0.05) is 18.2 Å². The second-order valence-corrected chi connectivity index (χ2v) is 5.67. The molecule has 0 bridgehead atoms. The van der Waals surface area contributed by atoms with Crippen molar-refractivity contribution in [3.8, 4) is 5.75 Å². The molecule has 1 aromatic carbocycles. The summed E-state index contributed by atoms with van der Waals surface area (Å²) in [6.07, 6.45) is -2.68. The van der Waals surface area contributed by atoms with Crippen molar-refractivity contribution in [3.63, 3.8) is 0 Å². The molecule has 3 aromatic rings. The number of halogens is 3. The van der Waals surface area contributed by atoms with Crippen molar-refractivity contribution in [3.05, 3.63) is 46.5 Å². The van der Waals surface area contributed by atoms with E-state index in [9.17, 15) is 18.0 Å². The van der Waals surface area contributed by atoms with Crippen molar-refractivity contribution in [1.29, 1.82) is 0 Å². The predicted octanol–water partition coefficient (Wildman–Crippen LogP) is 1.83. The lowest BCUT2D eigenvalue weighted by Crippen LogP contribution is -2.21. The molecule has 11 heteroatoms. The number of para-hydroxylation sites is 1. The molecule has 0 unspecified atom stereocenters. The number of ether oxygens (including phenoxy) is 1. The highest BCUT2D eigenvalue weighted by Crippen LogP contribution is 2.27. The summed E-state index contributed by atoms with van der Waals surface area (Å²) in [6.45, 7) is 0.906. The first-order valence-corrected chi connectivity index (χ1v) is 8.10. The molecule has 3 rings (SSSR count). The van der Waals surface area contributed by atoms with Crippen molar-refractivity contribution >= 4 is 17.1 Å². The molecule has 0 saturated carbocycles. The Morgan fingerprint density at radius 1 is 1.30 bits per heavy atom. The standard InChI is InChI=1S/C16H17F3N6O2/c17-16(18,19)27-12-5-2-1-4-10(12)9-25-13-11(23-15(25)26)8-22-14(24-13)21-7-3-6-20/h1-2,4-5,8H,3,6-7,9,20H2,(H,23,26)(H,21,22,24). The van der Waals surface area contributed by atoms with Gasteiger partial charge < -0.3 is 20.8 Å². The number of nitrogens with two attached hydrogens (primary N) is 1. The van der Waals surface area contributed by atoms with E-state index < -0.39 is 12.1 Å². The summed E-state index contributed by atoms with van der Waals surface area (Å²) in [7, 11) is 0. The zero-order valence-corrected chi connectivity index (χ0v) is 14.1. The number of aromatic amines is 1. The molecule has 0 amide bonds. The molecule has 0 aliphatic heterocycles. The molecule has 144 valence electrons. The first kappa shape index (κ1) is 18.7. The molecule has 0 fully saturated rings. The largest absolute Gasteiger partial charge is 0.573 e. The van der Waals surface area contributed by atoms with Crippen LogP contribution in [0.4, 0.5) is 19.1 Å². The smallest absolute Gasteiger partial charge is 0.405 e. The molecule has 4 N–H and O–H groups in total. The Morgan fingerprint density at radius 2 is 2.07 bits per heavy atom. The Kier molecular flexibility index (Phi) is 5.31. The van der Waals surface area contributed by atoms with Crippen LogP contribution in [0, 0.1) is 0 Å². The zero-order valence-electron chi connectivity index (χ0n) is 14.1. The lowest BCUT2D eigenvalue weighted by molar-refractivity contribution is -0.274. The molecule has 0 aliphatic rings. The Bertz CT molecular complexity index is 982. The molecule has 8 nitrogen and oxygen atoms in total. The number of aromatic nitrogens is 4. The highest BCUT2D eigenvalue weighted by molar-refractivity contribution is 5.71. The van der Waals surface area contributed by atoms with Gasteiger partial charge in [0, 0.05) is 12.1 Å². The first-order chi connectivity index (χ1) is 12.9. The quantitative estimate of drug-likeness (QED) is 0.538. The number of nitrogens with one attached hydrogen (secondary N) is 2. The average molecular weight is 382 g/mol. The number of anilines is 1. The van der Waals surface area contributed by atoms with Crippen LogP contribution in [-0.4, -0.2) is 39.0 Å². The minimum Gasteiger partial charge on any atom is -0.405 e.